The lowest BCUT2D eigenvalue weighted by atomic mass is 10.0. The van der Waals surface area contributed by atoms with E-state index in [1.165, 1.54) is 4.90 Å². The molecule has 2 aliphatic heterocycles. The lowest BCUT2D eigenvalue weighted by molar-refractivity contribution is -0.0620. The minimum absolute atomic E-state index is 0.101. The fourth-order valence-corrected chi connectivity index (χ4v) is 2.43. The molecule has 2 fully saturated rings. The van der Waals surface area contributed by atoms with Gasteiger partial charge in [0, 0.05) is 45.1 Å². The molecule has 1 atom stereocenters. The Morgan fingerprint density at radius 1 is 1.25 bits per heavy atom. The molecular formula is C10H16F2N2O2. The average Bonchev–Trinajstić information content (AvgIpc) is 2.66. The minimum Gasteiger partial charge on any atom is -0.465 e. The summed E-state index contributed by atoms with van der Waals surface area (Å²) in [5.41, 5.74) is 0. The Balaban J connectivity index is 1.85. The van der Waals surface area contributed by atoms with Crippen LogP contribution in [0.1, 0.15) is 19.3 Å². The molecule has 0 aliphatic carbocycles. The first-order chi connectivity index (χ1) is 7.48. The molecule has 0 unspecified atom stereocenters. The predicted octanol–water partition coefficient (Wildman–Crippen LogP) is 1.47. The predicted molar refractivity (Wildman–Crippen MR) is 53.8 cm³/mol. The Labute approximate surface area is 92.8 Å². The van der Waals surface area contributed by atoms with Crippen LogP contribution in [0.3, 0.4) is 0 Å². The van der Waals surface area contributed by atoms with Gasteiger partial charge in [0.15, 0.2) is 0 Å². The van der Waals surface area contributed by atoms with Crippen LogP contribution in [0.2, 0.25) is 0 Å². The van der Waals surface area contributed by atoms with Crippen LogP contribution in [0.25, 0.3) is 0 Å². The second kappa shape index (κ2) is 4.16. The number of carbonyl (C=O) groups is 1. The summed E-state index contributed by atoms with van der Waals surface area (Å²) in [5, 5.41) is 8.80. The smallest absolute Gasteiger partial charge is 0.407 e. The molecule has 2 rings (SSSR count). The number of likely N-dealkylation sites (tertiary alicyclic amines) is 2. The molecule has 2 saturated heterocycles. The molecule has 0 aromatic carbocycles. The Morgan fingerprint density at radius 2 is 1.88 bits per heavy atom. The zero-order valence-corrected chi connectivity index (χ0v) is 9.03. The van der Waals surface area contributed by atoms with Crippen molar-refractivity contribution in [3.05, 3.63) is 0 Å². The van der Waals surface area contributed by atoms with Crippen molar-refractivity contribution in [2.75, 3.05) is 26.2 Å². The highest BCUT2D eigenvalue weighted by molar-refractivity contribution is 5.65. The number of hydrogen-bond acceptors (Lipinski definition) is 2. The van der Waals surface area contributed by atoms with E-state index < -0.39 is 12.0 Å². The van der Waals surface area contributed by atoms with Crippen LogP contribution in [-0.2, 0) is 0 Å². The number of nitrogens with zero attached hydrogens (tertiary/aromatic N) is 2. The first-order valence-electron chi connectivity index (χ1n) is 5.58. The largest absolute Gasteiger partial charge is 0.465 e. The average molecular weight is 234 g/mol. The van der Waals surface area contributed by atoms with Crippen LogP contribution in [0.4, 0.5) is 13.6 Å². The molecule has 92 valence electrons. The number of amides is 1. The highest BCUT2D eigenvalue weighted by Crippen LogP contribution is 2.30. The summed E-state index contributed by atoms with van der Waals surface area (Å²) in [7, 11) is 0. The Morgan fingerprint density at radius 3 is 2.38 bits per heavy atom. The van der Waals surface area contributed by atoms with Crippen molar-refractivity contribution in [1.29, 1.82) is 0 Å². The van der Waals surface area contributed by atoms with Gasteiger partial charge in [0.2, 0.25) is 0 Å². The lowest BCUT2D eigenvalue weighted by Gasteiger charge is -2.35. The van der Waals surface area contributed by atoms with Crippen LogP contribution >= 0.6 is 0 Å². The molecule has 0 aromatic rings. The van der Waals surface area contributed by atoms with Crippen molar-refractivity contribution in [1.82, 2.24) is 9.80 Å². The van der Waals surface area contributed by atoms with Gasteiger partial charge in [-0.25, -0.2) is 13.6 Å². The second-order valence-corrected chi connectivity index (χ2v) is 4.56. The summed E-state index contributed by atoms with van der Waals surface area (Å²) in [6, 6.07) is 0.132. The fraction of sp³-hybridized carbons (Fsp3) is 0.900. The van der Waals surface area contributed by atoms with Gasteiger partial charge in [-0.2, -0.15) is 0 Å². The van der Waals surface area contributed by atoms with Crippen LogP contribution in [-0.4, -0.2) is 59.1 Å². The molecule has 0 spiro atoms. The maximum absolute atomic E-state index is 12.9. The monoisotopic (exact) mass is 234 g/mol. The molecule has 2 aliphatic rings. The van der Waals surface area contributed by atoms with Gasteiger partial charge in [-0.3, -0.25) is 4.90 Å². The molecule has 1 amide bonds. The van der Waals surface area contributed by atoms with E-state index in [4.69, 9.17) is 5.11 Å². The third-order valence-corrected chi connectivity index (χ3v) is 3.48. The van der Waals surface area contributed by atoms with Crippen molar-refractivity contribution < 1.29 is 18.7 Å². The van der Waals surface area contributed by atoms with Crippen LogP contribution in [0.5, 0.6) is 0 Å². The van der Waals surface area contributed by atoms with E-state index in [0.29, 0.717) is 26.2 Å². The van der Waals surface area contributed by atoms with Crippen molar-refractivity contribution in [3.8, 4) is 0 Å². The number of rotatable bonds is 1. The SMILES string of the molecule is O=C(O)N1CC[C@H](N2CCC(F)(F)CC2)C1. The quantitative estimate of drug-likeness (QED) is 0.747. The van der Waals surface area contributed by atoms with Crippen LogP contribution in [0, 0.1) is 0 Å². The van der Waals surface area contributed by atoms with E-state index in [0.717, 1.165) is 6.42 Å². The zero-order chi connectivity index (χ0) is 11.8. The molecule has 0 bridgehead atoms. The highest BCUT2D eigenvalue weighted by Gasteiger charge is 2.38. The van der Waals surface area contributed by atoms with Gasteiger partial charge in [-0.1, -0.05) is 0 Å². The van der Waals surface area contributed by atoms with Gasteiger partial charge >= 0.3 is 6.09 Å². The third kappa shape index (κ3) is 2.42. The molecule has 6 heteroatoms. The van der Waals surface area contributed by atoms with E-state index in [1.54, 1.807) is 0 Å². The summed E-state index contributed by atoms with van der Waals surface area (Å²) in [6.45, 7) is 1.74. The molecule has 16 heavy (non-hydrogen) atoms. The normalized spacial score (nSPS) is 30.6. The van der Waals surface area contributed by atoms with E-state index in [9.17, 15) is 13.6 Å². The number of alkyl halides is 2. The summed E-state index contributed by atoms with van der Waals surface area (Å²) < 4.78 is 25.9. The van der Waals surface area contributed by atoms with Gasteiger partial charge in [0.1, 0.15) is 0 Å². The van der Waals surface area contributed by atoms with Crippen LogP contribution in [0.15, 0.2) is 0 Å². The summed E-state index contributed by atoms with van der Waals surface area (Å²) in [4.78, 5) is 14.1. The van der Waals surface area contributed by atoms with Gasteiger partial charge < -0.3 is 10.0 Å². The van der Waals surface area contributed by atoms with Crippen molar-refractivity contribution in [3.63, 3.8) is 0 Å². The maximum atomic E-state index is 12.9. The number of piperidine rings is 1. The molecule has 2 heterocycles. The van der Waals surface area contributed by atoms with Gasteiger partial charge in [-0.05, 0) is 6.42 Å². The first kappa shape index (κ1) is 11.6. The van der Waals surface area contributed by atoms with Gasteiger partial charge in [-0.15, -0.1) is 0 Å². The van der Waals surface area contributed by atoms with Crippen molar-refractivity contribution in [2.24, 2.45) is 0 Å². The van der Waals surface area contributed by atoms with E-state index in [2.05, 4.69) is 0 Å². The molecule has 0 radical (unpaired) electrons. The zero-order valence-electron chi connectivity index (χ0n) is 9.03. The molecule has 0 aromatic heterocycles. The highest BCUT2D eigenvalue weighted by atomic mass is 19.3. The molecule has 0 saturated carbocycles. The minimum atomic E-state index is -2.53. The van der Waals surface area contributed by atoms with Crippen molar-refractivity contribution in [2.45, 2.75) is 31.2 Å². The van der Waals surface area contributed by atoms with E-state index >= 15 is 0 Å². The molecule has 4 nitrogen and oxygen atoms in total. The van der Waals surface area contributed by atoms with Gasteiger partial charge in [0.05, 0.1) is 0 Å². The lowest BCUT2D eigenvalue weighted by Crippen LogP contribution is -2.46. The van der Waals surface area contributed by atoms with Gasteiger partial charge in [0.25, 0.3) is 5.92 Å². The molecular weight excluding hydrogens is 218 g/mol. The Bertz CT molecular complexity index is 276. The third-order valence-electron chi connectivity index (χ3n) is 3.48. The van der Waals surface area contributed by atoms with Crippen LogP contribution < -0.4 is 0 Å². The summed E-state index contributed by atoms with van der Waals surface area (Å²) in [6.07, 6.45) is -0.352. The Hall–Kier alpha value is -0.910. The van der Waals surface area contributed by atoms with E-state index in [1.807, 2.05) is 4.90 Å². The number of halogens is 2. The number of hydrogen-bond donors (Lipinski definition) is 1. The Kier molecular flexibility index (Phi) is 3.01. The topological polar surface area (TPSA) is 43.8 Å². The molecule has 1 N–H and O–H groups in total. The number of carboxylic acid groups (broad SMARTS) is 1. The van der Waals surface area contributed by atoms with E-state index in [-0.39, 0.29) is 18.9 Å². The van der Waals surface area contributed by atoms with Crippen molar-refractivity contribution >= 4 is 6.09 Å². The fourth-order valence-electron chi connectivity index (χ4n) is 2.43. The maximum Gasteiger partial charge on any atom is 0.407 e. The second-order valence-electron chi connectivity index (χ2n) is 4.56. The summed E-state index contributed by atoms with van der Waals surface area (Å²) >= 11 is 0. The first-order valence-corrected chi connectivity index (χ1v) is 5.58. The summed E-state index contributed by atoms with van der Waals surface area (Å²) in [5.74, 6) is -2.53. The standard InChI is InChI=1S/C10H16F2N2O2/c11-10(12)2-5-13(6-3-10)8-1-4-14(7-8)9(15)16/h8H,1-7H2,(H,15,16)/t8-/m0/s1.